The van der Waals surface area contributed by atoms with Crippen molar-refractivity contribution < 1.29 is 19.4 Å². The summed E-state index contributed by atoms with van der Waals surface area (Å²) in [7, 11) is 0. The minimum atomic E-state index is -0.765. The first-order valence-corrected chi connectivity index (χ1v) is 6.02. The zero-order valence-corrected chi connectivity index (χ0v) is 9.65. The van der Waals surface area contributed by atoms with Crippen molar-refractivity contribution in [1.82, 2.24) is 10.6 Å². The normalized spacial score (nSPS) is 32.4. The van der Waals surface area contributed by atoms with E-state index in [0.29, 0.717) is 26.1 Å². The third kappa shape index (κ3) is 3.33. The summed E-state index contributed by atoms with van der Waals surface area (Å²) < 4.78 is 5.16. The first-order valence-electron chi connectivity index (χ1n) is 6.02. The highest BCUT2D eigenvalue weighted by molar-refractivity contribution is 5.75. The number of carboxylic acids is 1. The van der Waals surface area contributed by atoms with Gasteiger partial charge in [-0.05, 0) is 25.7 Å². The standard InChI is InChI=1S/C11H18N2O4/c14-10(15)7-1-2-8(5-7)12-11(16)13-9-3-4-17-6-9/h7-9H,1-6H2,(H,14,15)(H2,12,13,16)/t7-,8+,9?/m1/s1. The summed E-state index contributed by atoms with van der Waals surface area (Å²) >= 11 is 0. The number of ether oxygens (including phenoxy) is 1. The molecule has 2 aliphatic rings. The summed E-state index contributed by atoms with van der Waals surface area (Å²) in [6.45, 7) is 1.26. The number of aliphatic carboxylic acids is 1. The maximum atomic E-state index is 11.6. The van der Waals surface area contributed by atoms with Gasteiger partial charge in [-0.3, -0.25) is 4.79 Å². The van der Waals surface area contributed by atoms with Crippen molar-refractivity contribution in [3.8, 4) is 0 Å². The van der Waals surface area contributed by atoms with Crippen LogP contribution in [0.15, 0.2) is 0 Å². The number of carbonyl (C=O) groups excluding carboxylic acids is 1. The summed E-state index contributed by atoms with van der Waals surface area (Å²) in [6, 6.07) is -0.137. The van der Waals surface area contributed by atoms with Gasteiger partial charge in [-0.15, -0.1) is 0 Å². The van der Waals surface area contributed by atoms with E-state index < -0.39 is 5.97 Å². The molecule has 0 bridgehead atoms. The van der Waals surface area contributed by atoms with Crippen molar-refractivity contribution >= 4 is 12.0 Å². The molecule has 1 heterocycles. The molecule has 1 aliphatic carbocycles. The molecule has 6 nitrogen and oxygen atoms in total. The van der Waals surface area contributed by atoms with Crippen LogP contribution in [0.2, 0.25) is 0 Å². The average molecular weight is 242 g/mol. The van der Waals surface area contributed by atoms with E-state index >= 15 is 0 Å². The predicted octanol–water partition coefficient (Wildman–Crippen LogP) is 0.328. The number of hydrogen-bond acceptors (Lipinski definition) is 3. The van der Waals surface area contributed by atoms with Crippen molar-refractivity contribution in [2.45, 2.75) is 37.8 Å². The van der Waals surface area contributed by atoms with Gasteiger partial charge >= 0.3 is 12.0 Å². The molecule has 0 radical (unpaired) electrons. The lowest BCUT2D eigenvalue weighted by Crippen LogP contribution is -2.45. The highest BCUT2D eigenvalue weighted by Gasteiger charge is 2.30. The van der Waals surface area contributed by atoms with Crippen molar-refractivity contribution in [2.75, 3.05) is 13.2 Å². The summed E-state index contributed by atoms with van der Waals surface area (Å²) in [5.74, 6) is -1.07. The molecule has 3 N–H and O–H groups in total. The molecule has 0 aromatic heterocycles. The van der Waals surface area contributed by atoms with Crippen LogP contribution in [0.25, 0.3) is 0 Å². The molecule has 3 atom stereocenters. The molecule has 2 amide bonds. The number of carbonyl (C=O) groups is 2. The zero-order valence-electron chi connectivity index (χ0n) is 9.65. The van der Waals surface area contributed by atoms with E-state index in [1.807, 2.05) is 0 Å². The maximum Gasteiger partial charge on any atom is 0.315 e. The topological polar surface area (TPSA) is 87.7 Å². The van der Waals surface area contributed by atoms with Crippen molar-refractivity contribution in [2.24, 2.45) is 5.92 Å². The Morgan fingerprint density at radius 2 is 1.88 bits per heavy atom. The van der Waals surface area contributed by atoms with Gasteiger partial charge in [-0.1, -0.05) is 0 Å². The van der Waals surface area contributed by atoms with Gasteiger partial charge in [0.1, 0.15) is 0 Å². The van der Waals surface area contributed by atoms with Gasteiger partial charge in [-0.2, -0.15) is 0 Å². The number of hydrogen-bond donors (Lipinski definition) is 3. The molecule has 1 aliphatic heterocycles. The largest absolute Gasteiger partial charge is 0.481 e. The lowest BCUT2D eigenvalue weighted by Gasteiger charge is -2.16. The van der Waals surface area contributed by atoms with Crippen molar-refractivity contribution in [3.63, 3.8) is 0 Å². The molecule has 6 heteroatoms. The molecule has 1 saturated carbocycles. The lowest BCUT2D eigenvalue weighted by atomic mass is 10.1. The Labute approximate surface area is 99.7 Å². The molecule has 2 fully saturated rings. The molecule has 0 spiro atoms. The van der Waals surface area contributed by atoms with Gasteiger partial charge < -0.3 is 20.5 Å². The van der Waals surface area contributed by atoms with E-state index in [2.05, 4.69) is 10.6 Å². The van der Waals surface area contributed by atoms with Crippen LogP contribution >= 0.6 is 0 Å². The van der Waals surface area contributed by atoms with E-state index in [-0.39, 0.29) is 24.0 Å². The Morgan fingerprint density at radius 1 is 1.12 bits per heavy atom. The van der Waals surface area contributed by atoms with Crippen LogP contribution in [-0.4, -0.2) is 42.4 Å². The van der Waals surface area contributed by atoms with Gasteiger partial charge in [0, 0.05) is 12.6 Å². The highest BCUT2D eigenvalue weighted by atomic mass is 16.5. The molecule has 1 saturated heterocycles. The van der Waals surface area contributed by atoms with Crippen LogP contribution in [0.5, 0.6) is 0 Å². The van der Waals surface area contributed by atoms with Crippen LogP contribution < -0.4 is 10.6 Å². The fraction of sp³-hybridized carbons (Fsp3) is 0.818. The SMILES string of the molecule is O=C(NC1CCOC1)N[C@H]1CC[C@@H](C(=O)O)C1. The fourth-order valence-corrected chi connectivity index (χ4v) is 2.40. The third-order valence-electron chi connectivity index (χ3n) is 3.38. The van der Waals surface area contributed by atoms with Gasteiger partial charge in [-0.25, -0.2) is 4.79 Å². The molecule has 0 aromatic carbocycles. The Balaban J connectivity index is 1.70. The first-order chi connectivity index (χ1) is 8.15. The van der Waals surface area contributed by atoms with Gasteiger partial charge in [0.15, 0.2) is 0 Å². The quantitative estimate of drug-likeness (QED) is 0.665. The monoisotopic (exact) mass is 242 g/mol. The minimum absolute atomic E-state index is 0.0154. The number of carboxylic acid groups (broad SMARTS) is 1. The zero-order chi connectivity index (χ0) is 12.3. The number of rotatable bonds is 3. The van der Waals surface area contributed by atoms with Crippen LogP contribution in [0.4, 0.5) is 4.79 Å². The van der Waals surface area contributed by atoms with E-state index in [1.54, 1.807) is 0 Å². The summed E-state index contributed by atoms with van der Waals surface area (Å²) in [6.07, 6.45) is 2.76. The summed E-state index contributed by atoms with van der Waals surface area (Å²) in [5.41, 5.74) is 0. The van der Waals surface area contributed by atoms with Gasteiger partial charge in [0.05, 0.1) is 18.6 Å². The minimum Gasteiger partial charge on any atom is -0.481 e. The van der Waals surface area contributed by atoms with Gasteiger partial charge in [0.2, 0.25) is 0 Å². The average Bonchev–Trinajstić information content (AvgIpc) is 2.88. The molecule has 1 unspecified atom stereocenters. The van der Waals surface area contributed by atoms with E-state index in [9.17, 15) is 9.59 Å². The second-order valence-electron chi connectivity index (χ2n) is 4.72. The Hall–Kier alpha value is -1.30. The first kappa shape index (κ1) is 12.2. The number of nitrogens with one attached hydrogen (secondary N) is 2. The molecule has 2 rings (SSSR count). The summed E-state index contributed by atoms with van der Waals surface area (Å²) in [5, 5.41) is 14.5. The molecular weight excluding hydrogens is 224 g/mol. The van der Waals surface area contributed by atoms with E-state index in [4.69, 9.17) is 9.84 Å². The lowest BCUT2D eigenvalue weighted by molar-refractivity contribution is -0.141. The van der Waals surface area contributed by atoms with Crippen LogP contribution in [-0.2, 0) is 9.53 Å². The maximum absolute atomic E-state index is 11.6. The van der Waals surface area contributed by atoms with E-state index in [1.165, 1.54) is 0 Å². The number of urea groups is 1. The Bertz CT molecular complexity index is 302. The van der Waals surface area contributed by atoms with Crippen LogP contribution in [0, 0.1) is 5.92 Å². The third-order valence-corrected chi connectivity index (χ3v) is 3.38. The highest BCUT2D eigenvalue weighted by Crippen LogP contribution is 2.25. The van der Waals surface area contributed by atoms with Gasteiger partial charge in [0.25, 0.3) is 0 Å². The predicted molar refractivity (Wildman–Crippen MR) is 59.7 cm³/mol. The smallest absolute Gasteiger partial charge is 0.315 e. The van der Waals surface area contributed by atoms with Crippen LogP contribution in [0.3, 0.4) is 0 Å². The van der Waals surface area contributed by atoms with Crippen molar-refractivity contribution in [1.29, 1.82) is 0 Å². The van der Waals surface area contributed by atoms with E-state index in [0.717, 1.165) is 12.8 Å². The molecule has 0 aromatic rings. The molecule has 96 valence electrons. The Kier molecular flexibility index (Phi) is 3.83. The van der Waals surface area contributed by atoms with Crippen molar-refractivity contribution in [3.05, 3.63) is 0 Å². The Morgan fingerprint density at radius 3 is 2.47 bits per heavy atom. The summed E-state index contributed by atoms with van der Waals surface area (Å²) in [4.78, 5) is 22.4. The second-order valence-corrected chi connectivity index (χ2v) is 4.72. The fourth-order valence-electron chi connectivity index (χ4n) is 2.40. The second kappa shape index (κ2) is 5.35. The molecule has 17 heavy (non-hydrogen) atoms. The number of amides is 2. The molecular formula is C11H18N2O4. The van der Waals surface area contributed by atoms with Crippen LogP contribution in [0.1, 0.15) is 25.7 Å².